The van der Waals surface area contributed by atoms with Crippen molar-refractivity contribution in [3.8, 4) is 0 Å². The van der Waals surface area contributed by atoms with E-state index < -0.39 is 108 Å². The normalized spacial score (nSPS) is 43.1. The first-order valence-electron chi connectivity index (χ1n) is 26.0. The number of β-amino-alcohol motifs (C(OH)–C–C–N with tert-alkyl or cyclic N) is 1. The SMILES string of the molecule is CC[C@H]1OC(=O)[C@H](C)[C@@H](O[C@H]2C[C@@](C)(OC)[C@](O)(CN3CC(N4CCOCC4)C3)[C@H](C)O2)[C@H](C)[C@@H](O[C@@H]2O[C@H](C)C[C@H](N(C)C(=O)N(C)c3ccccc3)[C@H]2O)[C@](C)(O)C[C@@H](C)CN[C@H](C)[C@@H](O)[C@]1(C)O. The maximum atomic E-state index is 14.7. The van der Waals surface area contributed by atoms with Crippen LogP contribution in [0.3, 0.4) is 0 Å². The number of morpholine rings is 1. The number of cyclic esters (lactones) is 1. The Bertz CT molecular complexity index is 1870. The number of aliphatic hydroxyl groups excluding tert-OH is 2. The van der Waals surface area contributed by atoms with Crippen LogP contribution in [0.25, 0.3) is 0 Å². The third-order valence-corrected chi connectivity index (χ3v) is 16.7. The molecule has 71 heavy (non-hydrogen) atoms. The highest BCUT2D eigenvalue weighted by Gasteiger charge is 2.60. The van der Waals surface area contributed by atoms with Crippen LogP contribution in [0.5, 0.6) is 0 Å². The second-order valence-corrected chi connectivity index (χ2v) is 22.3. The van der Waals surface area contributed by atoms with Gasteiger partial charge in [-0.25, -0.2) is 4.79 Å². The van der Waals surface area contributed by atoms with Gasteiger partial charge in [-0.3, -0.25) is 19.5 Å². The molecule has 1 aromatic carbocycles. The summed E-state index contributed by atoms with van der Waals surface area (Å²) in [7, 11) is 4.85. The molecule has 5 aliphatic heterocycles. The first kappa shape index (κ1) is 57.7. The Morgan fingerprint density at radius 1 is 0.930 bits per heavy atom. The molecule has 5 fully saturated rings. The van der Waals surface area contributed by atoms with Crippen LogP contribution in [0.15, 0.2) is 30.3 Å². The number of likely N-dealkylation sites (tertiary alicyclic amines) is 1. The molecule has 2 amide bonds. The predicted octanol–water partition coefficient (Wildman–Crippen LogP) is 2.57. The molecule has 0 aromatic heterocycles. The molecule has 5 heterocycles. The standard InChI is InChI=1S/C52H89N5O14/c1-14-40-51(10,63)44(59)35(6)53-27-31(2)25-49(8,62)45(71-47-42(58)39(24-32(3)67-47)55(12)48(61)54(11)37-18-16-15-17-19-37)33(4)43(34(5)46(60)69-40)70-41-26-50(9,65-13)52(64,36(7)68-41)30-56-28-38(29-56)57-20-22-66-23-21-57/h15-19,31-36,38-45,47,53,58-59,62-64H,14,20-30H2,1-13H3/t31-,32-,33+,34-,35-,36+,39+,40-,41+,42-,43+,44-,45-,47+,49-,50-,51-,52+/m1/s1. The summed E-state index contributed by atoms with van der Waals surface area (Å²) >= 11 is 0. The second-order valence-electron chi connectivity index (χ2n) is 22.3. The van der Waals surface area contributed by atoms with Crippen molar-refractivity contribution in [1.29, 1.82) is 0 Å². The molecule has 406 valence electrons. The number of urea groups is 1. The number of ether oxygens (including phenoxy) is 7. The van der Waals surface area contributed by atoms with Crippen molar-refractivity contribution in [2.24, 2.45) is 17.8 Å². The van der Waals surface area contributed by atoms with E-state index in [1.54, 1.807) is 62.7 Å². The minimum absolute atomic E-state index is 0.0541. The highest BCUT2D eigenvalue weighted by Crippen LogP contribution is 2.44. The number of esters is 1. The summed E-state index contributed by atoms with van der Waals surface area (Å²) in [6.07, 6.45) is -9.26. The Labute approximate surface area is 422 Å². The zero-order valence-electron chi connectivity index (χ0n) is 44.7. The van der Waals surface area contributed by atoms with Gasteiger partial charge in [0.05, 0.1) is 55.2 Å². The summed E-state index contributed by atoms with van der Waals surface area (Å²) in [6, 6.07) is 7.79. The maximum Gasteiger partial charge on any atom is 0.324 e. The second kappa shape index (κ2) is 23.5. The van der Waals surface area contributed by atoms with Gasteiger partial charge in [0.1, 0.15) is 35.1 Å². The van der Waals surface area contributed by atoms with Gasteiger partial charge in [-0.15, -0.1) is 0 Å². The van der Waals surface area contributed by atoms with Gasteiger partial charge < -0.3 is 68.9 Å². The first-order valence-corrected chi connectivity index (χ1v) is 26.0. The molecule has 19 nitrogen and oxygen atoms in total. The number of nitrogens with zero attached hydrogens (tertiary/aromatic N) is 4. The van der Waals surface area contributed by atoms with E-state index in [1.165, 1.54) is 16.7 Å². The largest absolute Gasteiger partial charge is 0.459 e. The molecule has 5 aliphatic rings. The Hall–Kier alpha value is -2.60. The molecule has 0 aliphatic carbocycles. The van der Waals surface area contributed by atoms with E-state index in [1.807, 2.05) is 51.1 Å². The molecule has 5 saturated heterocycles. The lowest BCUT2D eigenvalue weighted by Crippen LogP contribution is -2.73. The summed E-state index contributed by atoms with van der Waals surface area (Å²) < 4.78 is 44.8. The number of anilines is 1. The molecule has 6 N–H and O–H groups in total. The number of amides is 2. The van der Waals surface area contributed by atoms with Crippen LogP contribution < -0.4 is 10.2 Å². The smallest absolute Gasteiger partial charge is 0.324 e. The van der Waals surface area contributed by atoms with E-state index in [4.69, 9.17) is 33.2 Å². The maximum absolute atomic E-state index is 14.7. The number of benzene rings is 1. The van der Waals surface area contributed by atoms with Crippen molar-refractivity contribution in [2.45, 2.75) is 191 Å². The number of hydrogen-bond donors (Lipinski definition) is 6. The molecule has 0 saturated carbocycles. The summed E-state index contributed by atoms with van der Waals surface area (Å²) in [5.74, 6) is -2.98. The lowest BCUT2D eigenvalue weighted by atomic mass is 9.74. The van der Waals surface area contributed by atoms with Crippen molar-refractivity contribution in [2.75, 3.05) is 78.6 Å². The highest BCUT2D eigenvalue weighted by molar-refractivity contribution is 5.91. The highest BCUT2D eigenvalue weighted by atomic mass is 16.7. The molecule has 1 aromatic rings. The van der Waals surface area contributed by atoms with Gasteiger partial charge in [0.2, 0.25) is 0 Å². The minimum Gasteiger partial charge on any atom is -0.459 e. The molecule has 19 heteroatoms. The number of nitrogens with one attached hydrogen (secondary N) is 1. The Morgan fingerprint density at radius 3 is 2.20 bits per heavy atom. The summed E-state index contributed by atoms with van der Waals surface area (Å²) in [5.41, 5.74) is -5.56. The van der Waals surface area contributed by atoms with Crippen molar-refractivity contribution < 1.29 is 68.3 Å². The number of likely N-dealkylation sites (N-methyl/N-ethyl adjacent to an activating group) is 1. The number of carbonyl (C=O) groups excluding carboxylic acids is 2. The fraction of sp³-hybridized carbons (Fsp3) is 0.846. The Morgan fingerprint density at radius 2 is 1.58 bits per heavy atom. The number of carbonyl (C=O) groups is 2. The molecule has 18 atom stereocenters. The van der Waals surface area contributed by atoms with Gasteiger partial charge in [0, 0.05) is 84.0 Å². The lowest BCUT2D eigenvalue weighted by molar-refractivity contribution is -0.340. The van der Waals surface area contributed by atoms with Gasteiger partial charge in [-0.1, -0.05) is 39.0 Å². The molecule has 0 spiro atoms. The van der Waals surface area contributed by atoms with Gasteiger partial charge in [0.15, 0.2) is 12.6 Å². The van der Waals surface area contributed by atoms with Crippen molar-refractivity contribution in [3.63, 3.8) is 0 Å². The van der Waals surface area contributed by atoms with E-state index in [-0.39, 0.29) is 37.8 Å². The molecule has 0 unspecified atom stereocenters. The minimum atomic E-state index is -1.86. The molecule has 0 bridgehead atoms. The zero-order valence-corrected chi connectivity index (χ0v) is 44.7. The van der Waals surface area contributed by atoms with Crippen LogP contribution in [0.1, 0.15) is 94.9 Å². The van der Waals surface area contributed by atoms with E-state index in [0.29, 0.717) is 37.9 Å². The predicted molar refractivity (Wildman–Crippen MR) is 265 cm³/mol. The molecular formula is C52H89N5O14. The average Bonchev–Trinajstić information content (AvgIpc) is 3.32. The number of methoxy groups -OCH3 is 1. The van der Waals surface area contributed by atoms with E-state index in [0.717, 1.165) is 26.2 Å². The summed E-state index contributed by atoms with van der Waals surface area (Å²) in [5, 5.41) is 64.4. The van der Waals surface area contributed by atoms with Gasteiger partial charge in [-0.05, 0) is 92.3 Å². The van der Waals surface area contributed by atoms with E-state index in [2.05, 4.69) is 15.1 Å². The van der Waals surface area contributed by atoms with Crippen LogP contribution in [0.4, 0.5) is 10.5 Å². The molecular weight excluding hydrogens is 919 g/mol. The van der Waals surface area contributed by atoms with Gasteiger partial charge in [0.25, 0.3) is 0 Å². The fourth-order valence-corrected chi connectivity index (χ4v) is 11.9. The van der Waals surface area contributed by atoms with Crippen LogP contribution in [0, 0.1) is 17.8 Å². The summed E-state index contributed by atoms with van der Waals surface area (Å²) in [4.78, 5) is 36.2. The zero-order chi connectivity index (χ0) is 52.4. The number of aliphatic hydroxyl groups is 5. The lowest BCUT2D eigenvalue weighted by Gasteiger charge is -2.57. The topological polar surface area (TPSA) is 225 Å². The van der Waals surface area contributed by atoms with Crippen LogP contribution >= 0.6 is 0 Å². The number of hydrogen-bond acceptors (Lipinski definition) is 17. The Kier molecular flexibility index (Phi) is 19.1. The Balaban J connectivity index is 1.33. The van der Waals surface area contributed by atoms with Gasteiger partial charge >= 0.3 is 12.0 Å². The van der Waals surface area contributed by atoms with Crippen LogP contribution in [0.2, 0.25) is 0 Å². The third-order valence-electron chi connectivity index (χ3n) is 16.7. The molecule has 6 rings (SSSR count). The van der Waals surface area contributed by atoms with Crippen molar-refractivity contribution in [3.05, 3.63) is 30.3 Å². The first-order chi connectivity index (χ1) is 33.3. The van der Waals surface area contributed by atoms with Crippen LogP contribution in [-0.4, -0.2) is 222 Å². The van der Waals surface area contributed by atoms with E-state index in [9.17, 15) is 35.1 Å². The average molecular weight is 1010 g/mol. The fourth-order valence-electron chi connectivity index (χ4n) is 11.9. The third kappa shape index (κ3) is 12.6. The molecule has 0 radical (unpaired) electrons. The van der Waals surface area contributed by atoms with E-state index >= 15 is 0 Å². The quantitative estimate of drug-likeness (QED) is 0.175. The van der Waals surface area contributed by atoms with Crippen molar-refractivity contribution in [1.82, 2.24) is 20.0 Å². The van der Waals surface area contributed by atoms with Crippen molar-refractivity contribution >= 4 is 17.7 Å². The number of para-hydroxylation sites is 1. The monoisotopic (exact) mass is 1010 g/mol. The van der Waals surface area contributed by atoms with Gasteiger partial charge in [-0.2, -0.15) is 0 Å². The van der Waals surface area contributed by atoms with Crippen LogP contribution in [-0.2, 0) is 38.0 Å². The number of rotatable bonds is 11. The summed E-state index contributed by atoms with van der Waals surface area (Å²) in [6.45, 7) is 22.7.